The first-order chi connectivity index (χ1) is 7.63. The van der Waals surface area contributed by atoms with E-state index in [1.807, 2.05) is 6.92 Å². The molecule has 5 heteroatoms. The van der Waals surface area contributed by atoms with Gasteiger partial charge in [0.2, 0.25) is 0 Å². The second-order valence-corrected chi connectivity index (χ2v) is 3.50. The molecule has 0 aromatic heterocycles. The van der Waals surface area contributed by atoms with Gasteiger partial charge >= 0.3 is 0 Å². The van der Waals surface area contributed by atoms with Gasteiger partial charge in [0, 0.05) is 7.11 Å². The van der Waals surface area contributed by atoms with E-state index in [0.717, 1.165) is 12.1 Å². The molecule has 1 aromatic carbocycles. The number of nitrogens with two attached hydrogens (primary N) is 1. The van der Waals surface area contributed by atoms with Crippen molar-refractivity contribution in [3.05, 3.63) is 35.4 Å². The minimum absolute atomic E-state index is 0.185. The highest BCUT2D eigenvalue weighted by Crippen LogP contribution is 2.22. The molecule has 1 rings (SSSR count). The van der Waals surface area contributed by atoms with Gasteiger partial charge in [0.1, 0.15) is 0 Å². The predicted molar refractivity (Wildman–Crippen MR) is 57.5 cm³/mol. The molecule has 1 aromatic rings. The lowest BCUT2D eigenvalue weighted by molar-refractivity contribution is 0.0650. The van der Waals surface area contributed by atoms with Crippen LogP contribution in [0.1, 0.15) is 24.9 Å². The van der Waals surface area contributed by atoms with Crippen LogP contribution in [0, 0.1) is 11.6 Å². The van der Waals surface area contributed by atoms with Gasteiger partial charge in [-0.15, -0.1) is 0 Å². The van der Waals surface area contributed by atoms with E-state index in [-0.39, 0.29) is 12.1 Å². The molecule has 0 spiro atoms. The third kappa shape index (κ3) is 2.75. The van der Waals surface area contributed by atoms with Crippen LogP contribution >= 0.6 is 0 Å². The fourth-order valence-corrected chi connectivity index (χ4v) is 1.66. The number of nitrogens with one attached hydrogen (secondary N) is 1. The third-order valence-electron chi connectivity index (χ3n) is 2.56. The topological polar surface area (TPSA) is 47.3 Å². The summed E-state index contributed by atoms with van der Waals surface area (Å²) in [6, 6.07) is 3.34. The van der Waals surface area contributed by atoms with E-state index in [9.17, 15) is 8.78 Å². The zero-order chi connectivity index (χ0) is 12.1. The van der Waals surface area contributed by atoms with Gasteiger partial charge in [0.15, 0.2) is 11.6 Å². The Labute approximate surface area is 93.6 Å². The molecule has 0 bridgehead atoms. The summed E-state index contributed by atoms with van der Waals surface area (Å²) in [4.78, 5) is 0. The van der Waals surface area contributed by atoms with Crippen LogP contribution in [0.5, 0.6) is 0 Å². The molecule has 3 N–H and O–H groups in total. The van der Waals surface area contributed by atoms with Crippen LogP contribution in [-0.4, -0.2) is 13.2 Å². The van der Waals surface area contributed by atoms with E-state index in [4.69, 9.17) is 10.6 Å². The van der Waals surface area contributed by atoms with Crippen molar-refractivity contribution in [3.63, 3.8) is 0 Å². The van der Waals surface area contributed by atoms with Gasteiger partial charge < -0.3 is 4.74 Å². The number of rotatable bonds is 5. The minimum Gasteiger partial charge on any atom is -0.379 e. The van der Waals surface area contributed by atoms with E-state index < -0.39 is 11.6 Å². The number of methoxy groups -OCH3 is 1. The molecule has 0 heterocycles. The van der Waals surface area contributed by atoms with Crippen molar-refractivity contribution < 1.29 is 13.5 Å². The Morgan fingerprint density at radius 3 is 2.50 bits per heavy atom. The van der Waals surface area contributed by atoms with Crippen molar-refractivity contribution in [2.45, 2.75) is 25.5 Å². The lowest BCUT2D eigenvalue weighted by atomic mass is 10.00. The van der Waals surface area contributed by atoms with Crippen LogP contribution in [0.4, 0.5) is 8.78 Å². The van der Waals surface area contributed by atoms with Crippen molar-refractivity contribution in [3.8, 4) is 0 Å². The highest BCUT2D eigenvalue weighted by molar-refractivity contribution is 5.22. The summed E-state index contributed by atoms with van der Waals surface area (Å²) in [5.41, 5.74) is 3.12. The van der Waals surface area contributed by atoms with Crippen molar-refractivity contribution in [2.75, 3.05) is 7.11 Å². The van der Waals surface area contributed by atoms with Crippen LogP contribution in [0.25, 0.3) is 0 Å². The van der Waals surface area contributed by atoms with Crippen LogP contribution in [0.3, 0.4) is 0 Å². The highest BCUT2D eigenvalue weighted by Gasteiger charge is 2.21. The van der Waals surface area contributed by atoms with Gasteiger partial charge in [-0.2, -0.15) is 0 Å². The van der Waals surface area contributed by atoms with Crippen molar-refractivity contribution in [2.24, 2.45) is 5.84 Å². The number of benzene rings is 1. The standard InChI is InChI=1S/C11H16F2N2O/c1-3-10(16-2)11(15-14)7-4-5-8(12)9(13)6-7/h4-6,10-11,15H,3,14H2,1-2H3. The van der Waals surface area contributed by atoms with Gasteiger partial charge in [0.05, 0.1) is 12.1 Å². The van der Waals surface area contributed by atoms with E-state index in [1.165, 1.54) is 6.07 Å². The molecule has 16 heavy (non-hydrogen) atoms. The molecule has 0 radical (unpaired) electrons. The molecule has 0 saturated carbocycles. The Morgan fingerprint density at radius 1 is 1.38 bits per heavy atom. The number of halogens is 2. The summed E-state index contributed by atoms with van der Waals surface area (Å²) in [6.45, 7) is 1.93. The molecule has 2 unspecified atom stereocenters. The van der Waals surface area contributed by atoms with Crippen LogP contribution in [0.15, 0.2) is 18.2 Å². The average molecular weight is 230 g/mol. The lowest BCUT2D eigenvalue weighted by Crippen LogP contribution is -2.37. The quantitative estimate of drug-likeness (QED) is 0.600. The number of ether oxygens (including phenoxy) is 1. The summed E-state index contributed by atoms with van der Waals surface area (Å²) < 4.78 is 31.1. The normalized spacial score (nSPS) is 14.8. The fourth-order valence-electron chi connectivity index (χ4n) is 1.66. The zero-order valence-corrected chi connectivity index (χ0v) is 9.34. The van der Waals surface area contributed by atoms with Gasteiger partial charge in [0.25, 0.3) is 0 Å². The lowest BCUT2D eigenvalue weighted by Gasteiger charge is -2.24. The molecular formula is C11H16F2N2O. The summed E-state index contributed by atoms with van der Waals surface area (Å²) in [6.07, 6.45) is 0.527. The molecule has 0 aliphatic rings. The van der Waals surface area contributed by atoms with Gasteiger partial charge in [-0.1, -0.05) is 13.0 Å². The summed E-state index contributed by atoms with van der Waals surface area (Å²) >= 11 is 0. The molecule has 0 fully saturated rings. The molecule has 2 atom stereocenters. The van der Waals surface area contributed by atoms with Crippen molar-refractivity contribution in [1.29, 1.82) is 0 Å². The summed E-state index contributed by atoms with van der Waals surface area (Å²) in [5.74, 6) is 3.64. The zero-order valence-electron chi connectivity index (χ0n) is 9.34. The SMILES string of the molecule is CCC(OC)C(NN)c1ccc(F)c(F)c1. The van der Waals surface area contributed by atoms with Gasteiger partial charge in [-0.05, 0) is 24.1 Å². The Kier molecular flexibility index (Phi) is 4.79. The first kappa shape index (κ1) is 13.0. The average Bonchev–Trinajstić information content (AvgIpc) is 2.29. The highest BCUT2D eigenvalue weighted by atomic mass is 19.2. The Bertz CT molecular complexity index is 343. The monoisotopic (exact) mass is 230 g/mol. The molecular weight excluding hydrogens is 214 g/mol. The maximum Gasteiger partial charge on any atom is 0.159 e. The van der Waals surface area contributed by atoms with Gasteiger partial charge in [-0.25, -0.2) is 8.78 Å². The number of hydrogen-bond acceptors (Lipinski definition) is 3. The van der Waals surface area contributed by atoms with Crippen molar-refractivity contribution >= 4 is 0 Å². The van der Waals surface area contributed by atoms with E-state index >= 15 is 0 Å². The molecule has 0 amide bonds. The third-order valence-corrected chi connectivity index (χ3v) is 2.56. The molecule has 0 saturated heterocycles. The first-order valence-corrected chi connectivity index (χ1v) is 5.07. The van der Waals surface area contributed by atoms with Crippen molar-refractivity contribution in [1.82, 2.24) is 5.43 Å². The second-order valence-electron chi connectivity index (χ2n) is 3.50. The number of hydrazine groups is 1. The van der Waals surface area contributed by atoms with E-state index in [0.29, 0.717) is 12.0 Å². The molecule has 90 valence electrons. The van der Waals surface area contributed by atoms with E-state index in [1.54, 1.807) is 7.11 Å². The van der Waals surface area contributed by atoms with Gasteiger partial charge in [-0.3, -0.25) is 11.3 Å². The Hall–Kier alpha value is -1.04. The summed E-state index contributed by atoms with van der Waals surface area (Å²) in [5, 5.41) is 0. The van der Waals surface area contributed by atoms with E-state index in [2.05, 4.69) is 5.43 Å². The first-order valence-electron chi connectivity index (χ1n) is 5.07. The fraction of sp³-hybridized carbons (Fsp3) is 0.455. The Balaban J connectivity index is 2.98. The molecule has 3 nitrogen and oxygen atoms in total. The minimum atomic E-state index is -0.885. The predicted octanol–water partition coefficient (Wildman–Crippen LogP) is 1.89. The summed E-state index contributed by atoms with van der Waals surface area (Å²) in [7, 11) is 1.55. The Morgan fingerprint density at radius 2 is 2.06 bits per heavy atom. The van der Waals surface area contributed by atoms with Crippen LogP contribution in [0.2, 0.25) is 0 Å². The van der Waals surface area contributed by atoms with Crippen LogP contribution in [-0.2, 0) is 4.74 Å². The smallest absolute Gasteiger partial charge is 0.159 e. The molecule has 0 aliphatic heterocycles. The maximum atomic E-state index is 13.1. The largest absolute Gasteiger partial charge is 0.379 e. The number of hydrogen-bond donors (Lipinski definition) is 2. The maximum absolute atomic E-state index is 13.1. The van der Waals surface area contributed by atoms with Crippen LogP contribution < -0.4 is 11.3 Å². The second kappa shape index (κ2) is 5.89. The molecule has 0 aliphatic carbocycles.